The molecule has 0 unspecified atom stereocenters. The molecule has 0 spiro atoms. The van der Waals surface area contributed by atoms with Gasteiger partial charge in [-0.05, 0) is 43.0 Å². The molecule has 0 saturated heterocycles. The van der Waals surface area contributed by atoms with Gasteiger partial charge in [0.1, 0.15) is 5.75 Å². The van der Waals surface area contributed by atoms with Gasteiger partial charge in [0.2, 0.25) is 0 Å². The first kappa shape index (κ1) is 13.4. The Morgan fingerprint density at radius 2 is 2.00 bits per heavy atom. The molecule has 1 N–H and O–H groups in total. The van der Waals surface area contributed by atoms with E-state index >= 15 is 0 Å². The number of hydrogen-bond acceptors (Lipinski definition) is 2. The fourth-order valence-electron chi connectivity index (χ4n) is 2.85. The Hall–Kier alpha value is -1.03. The second kappa shape index (κ2) is 4.92. The number of aliphatic carboxylic acids is 1. The topological polar surface area (TPSA) is 46.5 Å². The molecule has 1 aliphatic carbocycles. The Morgan fingerprint density at radius 3 is 2.50 bits per heavy atom. The van der Waals surface area contributed by atoms with E-state index in [0.29, 0.717) is 18.6 Å². The highest BCUT2D eigenvalue weighted by Crippen LogP contribution is 2.45. The number of ether oxygens (including phenoxy) is 1. The van der Waals surface area contributed by atoms with E-state index in [1.54, 1.807) is 7.11 Å². The van der Waals surface area contributed by atoms with Crippen LogP contribution in [0.4, 0.5) is 0 Å². The molecule has 0 atom stereocenters. The van der Waals surface area contributed by atoms with Crippen LogP contribution >= 0.6 is 15.9 Å². The van der Waals surface area contributed by atoms with Gasteiger partial charge in [-0.25, -0.2) is 0 Å². The van der Waals surface area contributed by atoms with Gasteiger partial charge in [0.25, 0.3) is 0 Å². The minimum atomic E-state index is -0.735. The number of methoxy groups -OCH3 is 1. The lowest BCUT2D eigenvalue weighted by Crippen LogP contribution is -2.33. The van der Waals surface area contributed by atoms with E-state index in [-0.39, 0.29) is 0 Å². The zero-order valence-corrected chi connectivity index (χ0v) is 12.2. The molecule has 1 aliphatic rings. The van der Waals surface area contributed by atoms with E-state index in [1.165, 1.54) is 0 Å². The highest BCUT2D eigenvalue weighted by atomic mass is 79.9. The van der Waals surface area contributed by atoms with Gasteiger partial charge in [0.15, 0.2) is 0 Å². The number of carbonyl (C=O) groups is 1. The summed E-state index contributed by atoms with van der Waals surface area (Å²) in [5.41, 5.74) is 1.15. The highest BCUT2D eigenvalue weighted by molar-refractivity contribution is 9.10. The number of carboxylic acid groups (broad SMARTS) is 1. The summed E-state index contributed by atoms with van der Waals surface area (Å²) in [7, 11) is 1.60. The molecule has 0 aromatic heterocycles. The van der Waals surface area contributed by atoms with Crippen LogP contribution in [0.15, 0.2) is 16.6 Å². The molecule has 18 heavy (non-hydrogen) atoms. The lowest BCUT2D eigenvalue weighted by molar-refractivity contribution is -0.143. The predicted octanol–water partition coefficient (Wildman–Crippen LogP) is 3.66. The fourth-order valence-corrected chi connectivity index (χ4v) is 3.29. The molecule has 0 amide bonds. The van der Waals surface area contributed by atoms with Crippen molar-refractivity contribution in [1.82, 2.24) is 0 Å². The van der Waals surface area contributed by atoms with Gasteiger partial charge in [0, 0.05) is 4.47 Å². The first-order chi connectivity index (χ1) is 8.51. The van der Waals surface area contributed by atoms with Crippen LogP contribution in [0, 0.1) is 6.92 Å². The maximum absolute atomic E-state index is 11.7. The first-order valence-electron chi connectivity index (χ1n) is 6.09. The molecule has 3 nitrogen and oxygen atoms in total. The quantitative estimate of drug-likeness (QED) is 0.926. The SMILES string of the molecule is COc1cc(Br)c(C)c(C2(C(=O)O)CCCC2)c1. The fraction of sp³-hybridized carbons (Fsp3) is 0.500. The number of benzene rings is 1. The van der Waals surface area contributed by atoms with Gasteiger partial charge < -0.3 is 9.84 Å². The largest absolute Gasteiger partial charge is 0.497 e. The van der Waals surface area contributed by atoms with E-state index in [1.807, 2.05) is 19.1 Å². The molecule has 0 heterocycles. The second-order valence-electron chi connectivity index (χ2n) is 4.88. The summed E-state index contributed by atoms with van der Waals surface area (Å²) in [6.45, 7) is 1.96. The van der Waals surface area contributed by atoms with Crippen molar-refractivity contribution < 1.29 is 14.6 Å². The van der Waals surface area contributed by atoms with Gasteiger partial charge in [-0.2, -0.15) is 0 Å². The third-order valence-corrected chi connectivity index (χ3v) is 4.76. The zero-order valence-electron chi connectivity index (χ0n) is 10.6. The van der Waals surface area contributed by atoms with Crippen LogP contribution in [0.5, 0.6) is 5.75 Å². The molecule has 0 radical (unpaired) electrons. The molecule has 1 aromatic rings. The third kappa shape index (κ3) is 2.03. The molecule has 0 bridgehead atoms. The van der Waals surface area contributed by atoms with Gasteiger partial charge in [0.05, 0.1) is 12.5 Å². The second-order valence-corrected chi connectivity index (χ2v) is 5.73. The summed E-state index contributed by atoms with van der Waals surface area (Å²) in [6.07, 6.45) is 3.37. The Kier molecular flexibility index (Phi) is 3.66. The minimum absolute atomic E-state index is 0.704. The van der Waals surface area contributed by atoms with E-state index in [2.05, 4.69) is 15.9 Å². The van der Waals surface area contributed by atoms with Crippen LogP contribution in [0.1, 0.15) is 36.8 Å². The van der Waals surface area contributed by atoms with Crippen molar-refractivity contribution in [3.63, 3.8) is 0 Å². The maximum atomic E-state index is 11.7. The summed E-state index contributed by atoms with van der Waals surface area (Å²) >= 11 is 3.49. The summed E-state index contributed by atoms with van der Waals surface area (Å²) in [4.78, 5) is 11.7. The summed E-state index contributed by atoms with van der Waals surface area (Å²) in [6, 6.07) is 3.75. The van der Waals surface area contributed by atoms with Gasteiger partial charge in [-0.15, -0.1) is 0 Å². The highest BCUT2D eigenvalue weighted by Gasteiger charge is 2.44. The van der Waals surface area contributed by atoms with Crippen molar-refractivity contribution in [3.8, 4) is 5.75 Å². The molecule has 4 heteroatoms. The van der Waals surface area contributed by atoms with Crippen LogP contribution in [-0.2, 0) is 10.2 Å². The van der Waals surface area contributed by atoms with Crippen molar-refractivity contribution in [2.75, 3.05) is 7.11 Å². The van der Waals surface area contributed by atoms with Crippen molar-refractivity contribution in [2.24, 2.45) is 0 Å². The molecule has 98 valence electrons. The van der Waals surface area contributed by atoms with Crippen LogP contribution in [-0.4, -0.2) is 18.2 Å². The Balaban J connectivity index is 2.61. The Bertz CT molecular complexity index is 476. The van der Waals surface area contributed by atoms with Crippen molar-refractivity contribution >= 4 is 21.9 Å². The smallest absolute Gasteiger partial charge is 0.314 e. The van der Waals surface area contributed by atoms with Crippen molar-refractivity contribution in [1.29, 1.82) is 0 Å². The molecule has 0 aliphatic heterocycles. The minimum Gasteiger partial charge on any atom is -0.497 e. The molecular weight excluding hydrogens is 296 g/mol. The van der Waals surface area contributed by atoms with E-state index in [9.17, 15) is 9.90 Å². The van der Waals surface area contributed by atoms with E-state index in [0.717, 1.165) is 28.4 Å². The number of halogens is 1. The molecule has 1 fully saturated rings. The predicted molar refractivity (Wildman–Crippen MR) is 73.2 cm³/mol. The lowest BCUT2D eigenvalue weighted by atomic mass is 9.77. The monoisotopic (exact) mass is 312 g/mol. The summed E-state index contributed by atoms with van der Waals surface area (Å²) in [5, 5.41) is 9.64. The number of hydrogen-bond donors (Lipinski definition) is 1. The molecule has 1 aromatic carbocycles. The van der Waals surface area contributed by atoms with Crippen LogP contribution < -0.4 is 4.74 Å². The number of carboxylic acids is 1. The van der Waals surface area contributed by atoms with Gasteiger partial charge in [-0.1, -0.05) is 28.8 Å². The van der Waals surface area contributed by atoms with E-state index in [4.69, 9.17) is 4.74 Å². The standard InChI is InChI=1S/C14H17BrO3/c1-9-11(7-10(18-2)8-12(9)15)14(13(16)17)5-3-4-6-14/h7-8H,3-6H2,1-2H3,(H,16,17). The molecular formula is C14H17BrO3. The molecule has 2 rings (SSSR count). The summed E-state index contributed by atoms with van der Waals surface area (Å²) in [5.74, 6) is -0.0155. The zero-order chi connectivity index (χ0) is 13.3. The average molecular weight is 313 g/mol. The number of rotatable bonds is 3. The molecule has 1 saturated carbocycles. The van der Waals surface area contributed by atoms with Crippen LogP contribution in [0.2, 0.25) is 0 Å². The Labute approximate surface area is 115 Å². The van der Waals surface area contributed by atoms with Crippen molar-refractivity contribution in [2.45, 2.75) is 38.0 Å². The van der Waals surface area contributed by atoms with Gasteiger partial charge in [-0.3, -0.25) is 4.79 Å². The lowest BCUT2D eigenvalue weighted by Gasteiger charge is -2.27. The van der Waals surface area contributed by atoms with Crippen LogP contribution in [0.3, 0.4) is 0 Å². The van der Waals surface area contributed by atoms with E-state index < -0.39 is 11.4 Å². The normalized spacial score (nSPS) is 17.7. The Morgan fingerprint density at radius 1 is 1.39 bits per heavy atom. The first-order valence-corrected chi connectivity index (χ1v) is 6.88. The average Bonchev–Trinajstić information content (AvgIpc) is 2.82. The van der Waals surface area contributed by atoms with Crippen LogP contribution in [0.25, 0.3) is 0 Å². The summed E-state index contributed by atoms with van der Waals surface area (Å²) < 4.78 is 6.16. The van der Waals surface area contributed by atoms with Gasteiger partial charge >= 0.3 is 5.97 Å². The maximum Gasteiger partial charge on any atom is 0.314 e. The third-order valence-electron chi connectivity index (χ3n) is 3.94. The van der Waals surface area contributed by atoms with Crippen molar-refractivity contribution in [3.05, 3.63) is 27.7 Å².